The number of esters is 1. The molecule has 0 radical (unpaired) electrons. The number of alkyl halides is 2. The lowest BCUT2D eigenvalue weighted by atomic mass is 10.3. The fourth-order valence-electron chi connectivity index (χ4n) is 0.838. The third-order valence-corrected chi connectivity index (χ3v) is 1.65. The minimum absolute atomic E-state index is 0.0238. The molecule has 0 aromatic carbocycles. The number of aromatic nitrogens is 1. The highest BCUT2D eigenvalue weighted by Crippen LogP contribution is 2.21. The van der Waals surface area contributed by atoms with E-state index < -0.39 is 18.1 Å². The molecule has 1 aromatic heterocycles. The molecule has 0 bridgehead atoms. The van der Waals surface area contributed by atoms with E-state index in [1.54, 1.807) is 0 Å². The van der Waals surface area contributed by atoms with Gasteiger partial charge in [0.25, 0.3) is 6.43 Å². The quantitative estimate of drug-likeness (QED) is 0.720. The predicted octanol–water partition coefficient (Wildman–Crippen LogP) is 2.46. The highest BCUT2D eigenvalue weighted by molar-refractivity contribution is 6.30. The Hall–Kier alpha value is -1.23. The molecule has 0 atom stereocenters. The maximum atomic E-state index is 12.2. The van der Waals surface area contributed by atoms with Crippen molar-refractivity contribution in [1.29, 1.82) is 0 Å². The Balaban J connectivity index is 3.13. The molecule has 0 N–H and O–H groups in total. The molecule has 0 aliphatic carbocycles. The number of pyridine rings is 1. The average Bonchev–Trinajstić information content (AvgIpc) is 2.15. The first kappa shape index (κ1) is 10.8. The summed E-state index contributed by atoms with van der Waals surface area (Å²) >= 11 is 5.51. The number of hydrogen-bond donors (Lipinski definition) is 0. The maximum absolute atomic E-state index is 12.2. The molecule has 0 aliphatic rings. The van der Waals surface area contributed by atoms with Crippen molar-refractivity contribution < 1.29 is 18.3 Å². The average molecular weight is 222 g/mol. The molecule has 1 aromatic rings. The molecule has 1 heterocycles. The monoisotopic (exact) mass is 221 g/mol. The summed E-state index contributed by atoms with van der Waals surface area (Å²) < 4.78 is 28.8. The summed E-state index contributed by atoms with van der Waals surface area (Å²) in [6.45, 7) is 0. The molecule has 0 amide bonds. The summed E-state index contributed by atoms with van der Waals surface area (Å²) in [5, 5.41) is 0.0238. The Morgan fingerprint density at radius 1 is 1.57 bits per heavy atom. The van der Waals surface area contributed by atoms with Crippen molar-refractivity contribution in [3.8, 4) is 0 Å². The van der Waals surface area contributed by atoms with Crippen LogP contribution < -0.4 is 0 Å². The van der Waals surface area contributed by atoms with Crippen LogP contribution in [0.2, 0.25) is 5.02 Å². The number of ether oxygens (including phenoxy) is 1. The van der Waals surface area contributed by atoms with E-state index in [0.29, 0.717) is 0 Å². The smallest absolute Gasteiger partial charge is 0.356 e. The summed E-state index contributed by atoms with van der Waals surface area (Å²) in [4.78, 5) is 14.3. The van der Waals surface area contributed by atoms with Crippen molar-refractivity contribution in [1.82, 2.24) is 4.98 Å². The van der Waals surface area contributed by atoms with Crippen molar-refractivity contribution >= 4 is 17.6 Å². The summed E-state index contributed by atoms with van der Waals surface area (Å²) in [5.74, 6) is -0.797. The van der Waals surface area contributed by atoms with E-state index >= 15 is 0 Å². The molecule has 76 valence electrons. The normalized spacial score (nSPS) is 10.4. The first-order valence-electron chi connectivity index (χ1n) is 3.58. The Labute approximate surface area is 83.7 Å². The number of carbonyl (C=O) groups is 1. The predicted molar refractivity (Wildman–Crippen MR) is 45.5 cm³/mol. The lowest BCUT2D eigenvalue weighted by molar-refractivity contribution is 0.0592. The summed E-state index contributed by atoms with van der Waals surface area (Å²) in [7, 11) is 1.13. The number of hydrogen-bond acceptors (Lipinski definition) is 3. The van der Waals surface area contributed by atoms with Crippen LogP contribution in [0.1, 0.15) is 22.6 Å². The molecule has 0 saturated carbocycles. The van der Waals surface area contributed by atoms with Gasteiger partial charge in [0.05, 0.1) is 7.11 Å². The third kappa shape index (κ3) is 2.38. The molecule has 14 heavy (non-hydrogen) atoms. The van der Waals surface area contributed by atoms with Gasteiger partial charge in [0.15, 0.2) is 0 Å². The van der Waals surface area contributed by atoms with Crippen LogP contribution in [0.4, 0.5) is 8.78 Å². The van der Waals surface area contributed by atoms with E-state index in [4.69, 9.17) is 11.6 Å². The van der Waals surface area contributed by atoms with Gasteiger partial charge in [-0.25, -0.2) is 18.6 Å². The zero-order chi connectivity index (χ0) is 10.7. The largest absolute Gasteiger partial charge is 0.464 e. The minimum Gasteiger partial charge on any atom is -0.464 e. The summed E-state index contributed by atoms with van der Waals surface area (Å²) in [6, 6.07) is 2.16. The van der Waals surface area contributed by atoms with Crippen LogP contribution in [0.3, 0.4) is 0 Å². The zero-order valence-electron chi connectivity index (χ0n) is 7.13. The van der Waals surface area contributed by atoms with Gasteiger partial charge in [-0.3, -0.25) is 0 Å². The van der Waals surface area contributed by atoms with Crippen LogP contribution in [-0.4, -0.2) is 18.1 Å². The molecule has 1 rings (SSSR count). The lowest BCUT2D eigenvalue weighted by Gasteiger charge is -2.03. The Kier molecular flexibility index (Phi) is 3.35. The van der Waals surface area contributed by atoms with Crippen molar-refractivity contribution in [3.05, 3.63) is 28.5 Å². The number of rotatable bonds is 2. The molecular weight excluding hydrogens is 216 g/mol. The molecule has 6 heteroatoms. The highest BCUT2D eigenvalue weighted by Gasteiger charge is 2.15. The van der Waals surface area contributed by atoms with Crippen molar-refractivity contribution in [3.63, 3.8) is 0 Å². The van der Waals surface area contributed by atoms with Gasteiger partial charge in [-0.1, -0.05) is 11.6 Å². The van der Waals surface area contributed by atoms with E-state index in [1.807, 2.05) is 0 Å². The zero-order valence-corrected chi connectivity index (χ0v) is 7.89. The molecule has 0 aliphatic heterocycles. The lowest BCUT2D eigenvalue weighted by Crippen LogP contribution is -2.06. The fraction of sp³-hybridized carbons (Fsp3) is 0.250. The Morgan fingerprint density at radius 2 is 2.21 bits per heavy atom. The molecule has 0 unspecified atom stereocenters. The third-order valence-electron chi connectivity index (χ3n) is 1.43. The topological polar surface area (TPSA) is 39.2 Å². The number of methoxy groups -OCH3 is 1. The van der Waals surface area contributed by atoms with E-state index in [-0.39, 0.29) is 10.7 Å². The van der Waals surface area contributed by atoms with Crippen LogP contribution in [0.5, 0.6) is 0 Å². The van der Waals surface area contributed by atoms with Crippen LogP contribution >= 0.6 is 11.6 Å². The standard InChI is InChI=1S/C8H6ClF2NO2/c1-14-8(13)6-3-4(9)2-5(12-6)7(10)11/h2-3,7H,1H3. The van der Waals surface area contributed by atoms with Gasteiger partial charge in [0, 0.05) is 5.02 Å². The second-order valence-corrected chi connectivity index (χ2v) is 2.82. The maximum Gasteiger partial charge on any atom is 0.356 e. The highest BCUT2D eigenvalue weighted by atomic mass is 35.5. The van der Waals surface area contributed by atoms with Crippen LogP contribution in [0, 0.1) is 0 Å². The Morgan fingerprint density at radius 3 is 2.71 bits per heavy atom. The van der Waals surface area contributed by atoms with Gasteiger partial charge < -0.3 is 4.74 Å². The van der Waals surface area contributed by atoms with Gasteiger partial charge in [-0.2, -0.15) is 0 Å². The second-order valence-electron chi connectivity index (χ2n) is 2.39. The SMILES string of the molecule is COC(=O)c1cc(Cl)cc(C(F)F)n1. The molecular formula is C8H6ClF2NO2. The molecule has 0 spiro atoms. The minimum atomic E-state index is -2.77. The van der Waals surface area contributed by atoms with Crippen molar-refractivity contribution in [2.24, 2.45) is 0 Å². The van der Waals surface area contributed by atoms with E-state index in [0.717, 1.165) is 13.2 Å². The van der Waals surface area contributed by atoms with E-state index in [1.165, 1.54) is 6.07 Å². The molecule has 0 fully saturated rings. The number of carbonyl (C=O) groups excluding carboxylic acids is 1. The fourth-order valence-corrected chi connectivity index (χ4v) is 1.05. The first-order chi connectivity index (χ1) is 6.54. The number of nitrogens with zero attached hydrogens (tertiary/aromatic N) is 1. The number of halogens is 3. The van der Waals surface area contributed by atoms with Crippen LogP contribution in [0.15, 0.2) is 12.1 Å². The van der Waals surface area contributed by atoms with Crippen molar-refractivity contribution in [2.45, 2.75) is 6.43 Å². The second kappa shape index (κ2) is 4.32. The van der Waals surface area contributed by atoms with E-state index in [9.17, 15) is 13.6 Å². The van der Waals surface area contributed by atoms with Crippen LogP contribution in [-0.2, 0) is 4.74 Å². The molecule has 3 nitrogen and oxygen atoms in total. The van der Waals surface area contributed by atoms with Gasteiger partial charge in [0.2, 0.25) is 0 Å². The van der Waals surface area contributed by atoms with Gasteiger partial charge in [-0.15, -0.1) is 0 Å². The van der Waals surface area contributed by atoms with Crippen LogP contribution in [0.25, 0.3) is 0 Å². The van der Waals surface area contributed by atoms with E-state index in [2.05, 4.69) is 9.72 Å². The summed E-state index contributed by atoms with van der Waals surface area (Å²) in [5.41, 5.74) is -0.770. The van der Waals surface area contributed by atoms with Gasteiger partial charge in [0.1, 0.15) is 11.4 Å². The molecule has 0 saturated heterocycles. The van der Waals surface area contributed by atoms with Gasteiger partial charge >= 0.3 is 5.97 Å². The van der Waals surface area contributed by atoms with Gasteiger partial charge in [-0.05, 0) is 12.1 Å². The Bertz CT molecular complexity index is 357. The first-order valence-corrected chi connectivity index (χ1v) is 3.96. The summed E-state index contributed by atoms with van der Waals surface area (Å²) in [6.07, 6.45) is -2.77. The van der Waals surface area contributed by atoms with Crippen molar-refractivity contribution in [2.75, 3.05) is 7.11 Å².